The monoisotopic (exact) mass is 368 g/mol. The molecular formula is C18H29ClN4O2. The normalized spacial score (nSPS) is 18.5. The quantitative estimate of drug-likeness (QED) is 0.891. The van der Waals surface area contributed by atoms with Gasteiger partial charge in [0.2, 0.25) is 0 Å². The molecule has 2 amide bonds. The Bertz CT molecular complexity index is 570. The number of piperidine rings is 1. The number of benzene rings is 1. The Balaban J connectivity index is 0.00000225. The summed E-state index contributed by atoms with van der Waals surface area (Å²) in [6.07, 6.45) is 3.42. The predicted octanol–water partition coefficient (Wildman–Crippen LogP) is 2.89. The molecule has 1 aromatic rings. The van der Waals surface area contributed by atoms with E-state index in [0.717, 1.165) is 69.2 Å². The molecule has 2 saturated heterocycles. The van der Waals surface area contributed by atoms with Gasteiger partial charge in [0.15, 0.2) is 0 Å². The highest BCUT2D eigenvalue weighted by Gasteiger charge is 2.20. The third-order valence-electron chi connectivity index (χ3n) is 4.92. The number of likely N-dealkylation sites (tertiary alicyclic amines) is 1. The molecule has 25 heavy (non-hydrogen) atoms. The van der Waals surface area contributed by atoms with E-state index in [4.69, 9.17) is 4.74 Å². The number of anilines is 2. The van der Waals surface area contributed by atoms with Gasteiger partial charge in [0.05, 0.1) is 12.8 Å². The highest BCUT2D eigenvalue weighted by molar-refractivity contribution is 5.90. The van der Waals surface area contributed by atoms with Gasteiger partial charge in [-0.3, -0.25) is 0 Å². The lowest BCUT2D eigenvalue weighted by Crippen LogP contribution is -2.44. The zero-order valence-electron chi connectivity index (χ0n) is 15.2. The molecule has 2 heterocycles. The van der Waals surface area contributed by atoms with Crippen molar-refractivity contribution in [2.24, 2.45) is 0 Å². The van der Waals surface area contributed by atoms with Gasteiger partial charge >= 0.3 is 6.03 Å². The zero-order chi connectivity index (χ0) is 16.9. The molecule has 2 fully saturated rings. The number of hydrogen-bond donors (Lipinski definition) is 1. The molecule has 7 heteroatoms. The summed E-state index contributed by atoms with van der Waals surface area (Å²) in [4.78, 5) is 19.0. The number of carbonyl (C=O) groups excluding carboxylic acids is 1. The number of likely N-dealkylation sites (N-methyl/N-ethyl adjacent to an activating group) is 1. The number of rotatable bonds is 3. The van der Waals surface area contributed by atoms with E-state index in [1.807, 2.05) is 23.1 Å². The third kappa shape index (κ3) is 4.92. The summed E-state index contributed by atoms with van der Waals surface area (Å²) in [6, 6.07) is 5.90. The standard InChI is InChI=1S/C18H28N4O2.ClH/c1-20-10-12-21(13-11-20)16-14-15(6-7-17(16)24-2)19-18(23)22-8-4-3-5-9-22;/h6-7,14H,3-5,8-13H2,1-2H3,(H,19,23);1H. The Morgan fingerprint density at radius 3 is 2.36 bits per heavy atom. The van der Waals surface area contributed by atoms with Gasteiger partial charge in [0, 0.05) is 45.0 Å². The van der Waals surface area contributed by atoms with E-state index < -0.39 is 0 Å². The highest BCUT2D eigenvalue weighted by Crippen LogP contribution is 2.32. The van der Waals surface area contributed by atoms with E-state index in [1.54, 1.807) is 7.11 Å². The Hall–Kier alpha value is -1.66. The molecule has 2 aliphatic rings. The SMILES string of the molecule is COc1ccc(NC(=O)N2CCCCC2)cc1N1CCN(C)CC1.Cl. The highest BCUT2D eigenvalue weighted by atomic mass is 35.5. The van der Waals surface area contributed by atoms with Crippen molar-refractivity contribution >= 4 is 29.8 Å². The Labute approximate surface area is 156 Å². The second-order valence-corrected chi connectivity index (χ2v) is 6.65. The van der Waals surface area contributed by atoms with E-state index in [2.05, 4.69) is 22.2 Å². The molecule has 0 aromatic heterocycles. The summed E-state index contributed by atoms with van der Waals surface area (Å²) < 4.78 is 5.52. The first-order chi connectivity index (χ1) is 11.7. The summed E-state index contributed by atoms with van der Waals surface area (Å²) in [5.74, 6) is 0.857. The van der Waals surface area contributed by atoms with Crippen LogP contribution in [0, 0.1) is 0 Å². The number of piperazine rings is 1. The number of amides is 2. The van der Waals surface area contributed by atoms with E-state index in [9.17, 15) is 4.79 Å². The molecule has 0 unspecified atom stereocenters. The first kappa shape index (κ1) is 19.7. The first-order valence-corrected chi connectivity index (χ1v) is 8.85. The minimum Gasteiger partial charge on any atom is -0.495 e. The van der Waals surface area contributed by atoms with Gasteiger partial charge in [0.1, 0.15) is 5.75 Å². The molecule has 140 valence electrons. The van der Waals surface area contributed by atoms with Crippen molar-refractivity contribution in [1.82, 2.24) is 9.80 Å². The summed E-state index contributed by atoms with van der Waals surface area (Å²) >= 11 is 0. The number of ether oxygens (including phenoxy) is 1. The maximum atomic E-state index is 12.4. The third-order valence-corrected chi connectivity index (χ3v) is 4.92. The number of carbonyl (C=O) groups is 1. The molecule has 0 spiro atoms. The van der Waals surface area contributed by atoms with Crippen molar-refractivity contribution in [3.8, 4) is 5.75 Å². The van der Waals surface area contributed by atoms with Gasteiger partial charge in [-0.1, -0.05) is 0 Å². The summed E-state index contributed by atoms with van der Waals surface area (Å²) in [6.45, 7) is 5.72. The smallest absolute Gasteiger partial charge is 0.321 e. The van der Waals surface area contributed by atoms with Gasteiger partial charge in [-0.05, 0) is 44.5 Å². The molecule has 1 N–H and O–H groups in total. The lowest BCUT2D eigenvalue weighted by atomic mass is 10.1. The predicted molar refractivity (Wildman–Crippen MR) is 104 cm³/mol. The Morgan fingerprint density at radius 1 is 1.04 bits per heavy atom. The van der Waals surface area contributed by atoms with Crippen LogP contribution < -0.4 is 15.0 Å². The van der Waals surface area contributed by atoms with E-state index in [1.165, 1.54) is 6.42 Å². The number of urea groups is 1. The van der Waals surface area contributed by atoms with Crippen LogP contribution in [0.3, 0.4) is 0 Å². The van der Waals surface area contributed by atoms with Crippen molar-refractivity contribution in [1.29, 1.82) is 0 Å². The van der Waals surface area contributed by atoms with E-state index >= 15 is 0 Å². The number of nitrogens with zero attached hydrogens (tertiary/aromatic N) is 3. The first-order valence-electron chi connectivity index (χ1n) is 8.85. The van der Waals surface area contributed by atoms with Crippen molar-refractivity contribution < 1.29 is 9.53 Å². The van der Waals surface area contributed by atoms with Crippen LogP contribution in [0.1, 0.15) is 19.3 Å². The summed E-state index contributed by atoms with van der Waals surface area (Å²) in [5.41, 5.74) is 1.89. The van der Waals surface area contributed by atoms with Crippen LogP contribution in [0.15, 0.2) is 18.2 Å². The molecule has 1 aromatic carbocycles. The molecule has 0 aliphatic carbocycles. The van der Waals surface area contributed by atoms with Crippen molar-refractivity contribution in [3.63, 3.8) is 0 Å². The van der Waals surface area contributed by atoms with Crippen LogP contribution in [0.2, 0.25) is 0 Å². The molecule has 0 saturated carbocycles. The topological polar surface area (TPSA) is 48.1 Å². The molecule has 3 rings (SSSR count). The van der Waals surface area contributed by atoms with Crippen molar-refractivity contribution in [2.75, 3.05) is 63.6 Å². The minimum atomic E-state index is 0. The number of halogens is 1. The second-order valence-electron chi connectivity index (χ2n) is 6.65. The molecule has 2 aliphatic heterocycles. The van der Waals surface area contributed by atoms with Gasteiger partial charge in [-0.15, -0.1) is 12.4 Å². The van der Waals surface area contributed by atoms with Gasteiger partial charge in [0.25, 0.3) is 0 Å². The minimum absolute atomic E-state index is 0. The number of hydrogen-bond acceptors (Lipinski definition) is 4. The fraction of sp³-hybridized carbons (Fsp3) is 0.611. The van der Waals surface area contributed by atoms with Crippen LogP contribution in [-0.2, 0) is 0 Å². The van der Waals surface area contributed by atoms with Crippen LogP contribution in [0.4, 0.5) is 16.2 Å². The van der Waals surface area contributed by atoms with Gasteiger partial charge in [-0.25, -0.2) is 4.79 Å². The fourth-order valence-corrected chi connectivity index (χ4v) is 3.36. The lowest BCUT2D eigenvalue weighted by molar-refractivity contribution is 0.200. The van der Waals surface area contributed by atoms with Crippen LogP contribution in [-0.4, -0.2) is 69.3 Å². The Morgan fingerprint density at radius 2 is 1.72 bits per heavy atom. The van der Waals surface area contributed by atoms with Crippen molar-refractivity contribution in [2.45, 2.75) is 19.3 Å². The van der Waals surface area contributed by atoms with Crippen molar-refractivity contribution in [3.05, 3.63) is 18.2 Å². The average Bonchev–Trinajstić information content (AvgIpc) is 2.63. The maximum absolute atomic E-state index is 12.4. The van der Waals surface area contributed by atoms with Crippen LogP contribution in [0.25, 0.3) is 0 Å². The number of methoxy groups -OCH3 is 1. The molecule has 0 atom stereocenters. The number of nitrogens with one attached hydrogen (secondary N) is 1. The van der Waals surface area contributed by atoms with Crippen LogP contribution >= 0.6 is 12.4 Å². The van der Waals surface area contributed by atoms with Gasteiger partial charge < -0.3 is 24.8 Å². The summed E-state index contributed by atoms with van der Waals surface area (Å²) in [5, 5.41) is 3.05. The second kappa shape index (κ2) is 9.15. The molecule has 0 radical (unpaired) electrons. The maximum Gasteiger partial charge on any atom is 0.321 e. The molecular weight excluding hydrogens is 340 g/mol. The average molecular weight is 369 g/mol. The molecule has 0 bridgehead atoms. The Kier molecular flexibility index (Phi) is 7.20. The lowest BCUT2D eigenvalue weighted by Gasteiger charge is -2.35. The fourth-order valence-electron chi connectivity index (χ4n) is 3.36. The van der Waals surface area contributed by atoms with Crippen LogP contribution in [0.5, 0.6) is 5.75 Å². The van der Waals surface area contributed by atoms with Gasteiger partial charge in [-0.2, -0.15) is 0 Å². The van der Waals surface area contributed by atoms with E-state index in [0.29, 0.717) is 0 Å². The largest absolute Gasteiger partial charge is 0.495 e. The zero-order valence-corrected chi connectivity index (χ0v) is 16.0. The van der Waals surface area contributed by atoms with E-state index in [-0.39, 0.29) is 18.4 Å². The summed E-state index contributed by atoms with van der Waals surface area (Å²) in [7, 11) is 3.84. The molecule has 6 nitrogen and oxygen atoms in total.